The molecule has 0 heterocycles. The fourth-order valence-electron chi connectivity index (χ4n) is 3.23. The Morgan fingerprint density at radius 2 is 1.89 bits per heavy atom. The van der Waals surface area contributed by atoms with Gasteiger partial charge in [0.05, 0.1) is 0 Å². The summed E-state index contributed by atoms with van der Waals surface area (Å²) in [6, 6.07) is 12.6. The van der Waals surface area contributed by atoms with E-state index >= 15 is 0 Å². The van der Waals surface area contributed by atoms with Crippen molar-refractivity contribution in [3.05, 3.63) is 35.9 Å². The highest BCUT2D eigenvalue weighted by molar-refractivity contribution is 5.22. The molecule has 0 radical (unpaired) electrons. The van der Waals surface area contributed by atoms with Gasteiger partial charge < -0.3 is 5.32 Å². The summed E-state index contributed by atoms with van der Waals surface area (Å²) in [5, 5.41) is 3.72. The minimum atomic E-state index is 0.753. The number of likely N-dealkylation sites (N-methyl/N-ethyl adjacent to an activating group) is 1. The molecule has 104 valence electrons. The Kier molecular flexibility index (Phi) is 4.19. The first-order valence-corrected chi connectivity index (χ1v) is 7.89. The normalized spacial score (nSPS) is 26.4. The largest absolute Gasteiger partial charge is 0.313 e. The predicted molar refractivity (Wildman–Crippen MR) is 80.5 cm³/mol. The van der Waals surface area contributed by atoms with Crippen LogP contribution in [0.2, 0.25) is 0 Å². The molecule has 1 N–H and O–H groups in total. The summed E-state index contributed by atoms with van der Waals surface area (Å²) < 4.78 is 0. The van der Waals surface area contributed by atoms with Crippen LogP contribution in [0.25, 0.3) is 0 Å². The average Bonchev–Trinajstić information content (AvgIpc) is 3.22. The molecular formula is C17H26N2. The summed E-state index contributed by atoms with van der Waals surface area (Å²) in [5.41, 5.74) is 1.52. The van der Waals surface area contributed by atoms with E-state index in [1.54, 1.807) is 0 Å². The lowest BCUT2D eigenvalue weighted by molar-refractivity contribution is 0.244. The fourth-order valence-corrected chi connectivity index (χ4v) is 3.23. The van der Waals surface area contributed by atoms with Crippen LogP contribution in [0.4, 0.5) is 0 Å². The highest BCUT2D eigenvalue weighted by atomic mass is 15.2. The number of hydrogen-bond acceptors (Lipinski definition) is 2. The van der Waals surface area contributed by atoms with Gasteiger partial charge in [-0.05, 0) is 43.7 Å². The molecule has 3 rings (SSSR count). The number of rotatable bonds is 7. The van der Waals surface area contributed by atoms with E-state index in [0.29, 0.717) is 0 Å². The molecule has 0 amide bonds. The molecule has 0 unspecified atom stereocenters. The van der Waals surface area contributed by atoms with Gasteiger partial charge in [-0.25, -0.2) is 0 Å². The molecule has 19 heavy (non-hydrogen) atoms. The number of nitrogens with zero attached hydrogens (tertiary/aromatic N) is 1. The smallest absolute Gasteiger partial charge is 0.0110 e. The summed E-state index contributed by atoms with van der Waals surface area (Å²) in [6.45, 7) is 5.89. The summed E-state index contributed by atoms with van der Waals surface area (Å²) in [6.07, 6.45) is 5.49. The molecule has 0 saturated heterocycles. The molecule has 2 saturated carbocycles. The van der Waals surface area contributed by atoms with Crippen molar-refractivity contribution >= 4 is 0 Å². The lowest BCUT2D eigenvalue weighted by Gasteiger charge is -2.37. The van der Waals surface area contributed by atoms with Crippen LogP contribution in [0.15, 0.2) is 30.3 Å². The predicted octanol–water partition coefficient (Wildman–Crippen LogP) is 3.01. The van der Waals surface area contributed by atoms with E-state index < -0.39 is 0 Å². The molecule has 0 spiro atoms. The molecule has 0 atom stereocenters. The van der Waals surface area contributed by atoms with Crippen LogP contribution in [0.3, 0.4) is 0 Å². The van der Waals surface area contributed by atoms with Gasteiger partial charge in [-0.3, -0.25) is 4.90 Å². The van der Waals surface area contributed by atoms with Crippen molar-refractivity contribution in [2.45, 2.75) is 50.6 Å². The summed E-state index contributed by atoms with van der Waals surface area (Å²) in [7, 11) is 0. The van der Waals surface area contributed by atoms with Crippen molar-refractivity contribution in [2.24, 2.45) is 0 Å². The van der Waals surface area contributed by atoms with E-state index in [2.05, 4.69) is 47.5 Å². The minimum Gasteiger partial charge on any atom is -0.313 e. The van der Waals surface area contributed by atoms with Crippen LogP contribution in [-0.4, -0.2) is 36.6 Å². The highest BCUT2D eigenvalue weighted by Crippen LogP contribution is 2.36. The van der Waals surface area contributed by atoms with Crippen LogP contribution >= 0.6 is 0 Å². The maximum atomic E-state index is 3.72. The second kappa shape index (κ2) is 6.06. The van der Waals surface area contributed by atoms with Gasteiger partial charge >= 0.3 is 0 Å². The molecule has 2 heteroatoms. The first-order chi connectivity index (χ1) is 9.36. The van der Waals surface area contributed by atoms with E-state index in [1.165, 1.54) is 44.3 Å². The molecule has 1 aromatic carbocycles. The zero-order chi connectivity index (χ0) is 13.1. The lowest BCUT2D eigenvalue weighted by Crippen LogP contribution is -2.43. The van der Waals surface area contributed by atoms with Crippen molar-refractivity contribution in [3.63, 3.8) is 0 Å². The Morgan fingerprint density at radius 3 is 2.53 bits per heavy atom. The second-order valence-electron chi connectivity index (χ2n) is 6.09. The monoisotopic (exact) mass is 258 g/mol. The minimum absolute atomic E-state index is 0.753. The third kappa shape index (κ3) is 3.37. The zero-order valence-electron chi connectivity index (χ0n) is 12.0. The molecule has 2 aliphatic rings. The SMILES string of the molecule is CCN(CCNC1CC(c2ccccc2)C1)C1CC1. The molecule has 2 aliphatic carbocycles. The van der Waals surface area contributed by atoms with Crippen LogP contribution in [0.1, 0.15) is 44.1 Å². The standard InChI is InChI=1S/C17H26N2/c1-2-19(17-8-9-17)11-10-18-16-12-15(13-16)14-6-4-3-5-7-14/h3-7,15-18H,2,8-13H2,1H3. The van der Waals surface area contributed by atoms with Gasteiger partial charge in [-0.15, -0.1) is 0 Å². The Bertz CT molecular complexity index is 380. The third-order valence-electron chi connectivity index (χ3n) is 4.71. The van der Waals surface area contributed by atoms with Gasteiger partial charge in [0.2, 0.25) is 0 Å². The maximum absolute atomic E-state index is 3.72. The topological polar surface area (TPSA) is 15.3 Å². The Labute approximate surface area is 117 Å². The quantitative estimate of drug-likeness (QED) is 0.809. The van der Waals surface area contributed by atoms with Crippen molar-refractivity contribution in [1.82, 2.24) is 10.2 Å². The summed E-state index contributed by atoms with van der Waals surface area (Å²) >= 11 is 0. The molecule has 0 aliphatic heterocycles. The zero-order valence-corrected chi connectivity index (χ0v) is 12.0. The Hall–Kier alpha value is -0.860. The van der Waals surface area contributed by atoms with E-state index in [-0.39, 0.29) is 0 Å². The van der Waals surface area contributed by atoms with E-state index in [0.717, 1.165) is 24.5 Å². The molecular weight excluding hydrogens is 232 g/mol. The molecule has 2 nitrogen and oxygen atoms in total. The second-order valence-corrected chi connectivity index (χ2v) is 6.09. The van der Waals surface area contributed by atoms with E-state index in [9.17, 15) is 0 Å². The molecule has 0 bridgehead atoms. The third-order valence-corrected chi connectivity index (χ3v) is 4.71. The lowest BCUT2D eigenvalue weighted by atomic mass is 9.76. The molecule has 2 fully saturated rings. The number of benzene rings is 1. The fraction of sp³-hybridized carbons (Fsp3) is 0.647. The van der Waals surface area contributed by atoms with Gasteiger partial charge in [0.1, 0.15) is 0 Å². The first kappa shape index (κ1) is 13.1. The summed E-state index contributed by atoms with van der Waals surface area (Å²) in [4.78, 5) is 2.63. The van der Waals surface area contributed by atoms with Crippen molar-refractivity contribution in [1.29, 1.82) is 0 Å². The number of nitrogens with one attached hydrogen (secondary N) is 1. The molecule has 0 aromatic heterocycles. The van der Waals surface area contributed by atoms with Crippen LogP contribution < -0.4 is 5.32 Å². The van der Waals surface area contributed by atoms with Crippen molar-refractivity contribution in [2.75, 3.05) is 19.6 Å². The van der Waals surface area contributed by atoms with Gasteiger partial charge in [0.15, 0.2) is 0 Å². The van der Waals surface area contributed by atoms with E-state index in [4.69, 9.17) is 0 Å². The summed E-state index contributed by atoms with van der Waals surface area (Å²) in [5.74, 6) is 0.796. The molecule has 1 aromatic rings. The Morgan fingerprint density at radius 1 is 1.16 bits per heavy atom. The highest BCUT2D eigenvalue weighted by Gasteiger charge is 2.30. The van der Waals surface area contributed by atoms with Gasteiger partial charge in [-0.1, -0.05) is 37.3 Å². The average molecular weight is 258 g/mol. The van der Waals surface area contributed by atoms with Gasteiger partial charge in [-0.2, -0.15) is 0 Å². The maximum Gasteiger partial charge on any atom is 0.0110 e. The Balaban J connectivity index is 1.33. The van der Waals surface area contributed by atoms with Crippen LogP contribution in [0.5, 0.6) is 0 Å². The van der Waals surface area contributed by atoms with Gasteiger partial charge in [0, 0.05) is 25.2 Å². The van der Waals surface area contributed by atoms with Crippen LogP contribution in [-0.2, 0) is 0 Å². The van der Waals surface area contributed by atoms with Gasteiger partial charge in [0.25, 0.3) is 0 Å². The van der Waals surface area contributed by atoms with Crippen molar-refractivity contribution in [3.8, 4) is 0 Å². The van der Waals surface area contributed by atoms with Crippen molar-refractivity contribution < 1.29 is 0 Å². The van der Waals surface area contributed by atoms with Crippen LogP contribution in [0, 0.1) is 0 Å². The van der Waals surface area contributed by atoms with E-state index in [1.807, 2.05) is 0 Å². The first-order valence-electron chi connectivity index (χ1n) is 7.89. The number of hydrogen-bond donors (Lipinski definition) is 1.